The highest BCUT2D eigenvalue weighted by Gasteiger charge is 2.17. The summed E-state index contributed by atoms with van der Waals surface area (Å²) in [7, 11) is 3.45. The van der Waals surface area contributed by atoms with Crippen LogP contribution in [-0.4, -0.2) is 50.7 Å². The SMILES string of the molecule is CNC1CCN(CCc2ccc(C(=O)OC)cc2)CC1. The van der Waals surface area contributed by atoms with Crippen molar-refractivity contribution in [2.45, 2.75) is 25.3 Å². The number of ether oxygens (including phenoxy) is 1. The molecule has 20 heavy (non-hydrogen) atoms. The molecule has 1 aromatic carbocycles. The summed E-state index contributed by atoms with van der Waals surface area (Å²) in [6, 6.07) is 8.41. The maximum atomic E-state index is 11.4. The van der Waals surface area contributed by atoms with Crippen LogP contribution >= 0.6 is 0 Å². The van der Waals surface area contributed by atoms with Crippen LogP contribution in [0.1, 0.15) is 28.8 Å². The lowest BCUT2D eigenvalue weighted by atomic mass is 10.0. The van der Waals surface area contributed by atoms with Gasteiger partial charge in [0.25, 0.3) is 0 Å². The Hall–Kier alpha value is -1.39. The second kappa shape index (κ2) is 7.41. The zero-order valence-corrected chi connectivity index (χ0v) is 12.4. The van der Waals surface area contributed by atoms with E-state index in [9.17, 15) is 4.79 Å². The van der Waals surface area contributed by atoms with Crippen LogP contribution < -0.4 is 5.32 Å². The number of nitrogens with zero attached hydrogens (tertiary/aromatic N) is 1. The van der Waals surface area contributed by atoms with Crippen molar-refractivity contribution in [3.05, 3.63) is 35.4 Å². The fourth-order valence-corrected chi connectivity index (χ4v) is 2.66. The first-order chi connectivity index (χ1) is 9.72. The summed E-state index contributed by atoms with van der Waals surface area (Å²) in [6.45, 7) is 3.44. The van der Waals surface area contributed by atoms with Gasteiger partial charge in [-0.1, -0.05) is 12.1 Å². The Morgan fingerprint density at radius 3 is 2.50 bits per heavy atom. The lowest BCUT2D eigenvalue weighted by Crippen LogP contribution is -2.41. The molecule has 0 spiro atoms. The lowest BCUT2D eigenvalue weighted by molar-refractivity contribution is 0.0600. The summed E-state index contributed by atoms with van der Waals surface area (Å²) in [5.74, 6) is -0.273. The van der Waals surface area contributed by atoms with E-state index in [1.54, 1.807) is 0 Å². The topological polar surface area (TPSA) is 41.6 Å². The highest BCUT2D eigenvalue weighted by Crippen LogP contribution is 2.12. The number of benzene rings is 1. The summed E-state index contributed by atoms with van der Waals surface area (Å²) < 4.78 is 4.70. The quantitative estimate of drug-likeness (QED) is 0.831. The number of hydrogen-bond acceptors (Lipinski definition) is 4. The summed E-state index contributed by atoms with van der Waals surface area (Å²) in [5.41, 5.74) is 1.89. The molecule has 1 aliphatic rings. The van der Waals surface area contributed by atoms with Crippen LogP contribution in [0.3, 0.4) is 0 Å². The van der Waals surface area contributed by atoms with E-state index >= 15 is 0 Å². The van der Waals surface area contributed by atoms with E-state index in [2.05, 4.69) is 10.2 Å². The number of rotatable bonds is 5. The van der Waals surface area contributed by atoms with E-state index in [0.29, 0.717) is 11.6 Å². The number of carbonyl (C=O) groups is 1. The molecular weight excluding hydrogens is 252 g/mol. The van der Waals surface area contributed by atoms with Crippen LogP contribution in [0, 0.1) is 0 Å². The lowest BCUT2D eigenvalue weighted by Gasteiger charge is -2.31. The molecule has 1 heterocycles. The van der Waals surface area contributed by atoms with E-state index in [1.807, 2.05) is 31.3 Å². The number of hydrogen-bond donors (Lipinski definition) is 1. The van der Waals surface area contributed by atoms with Gasteiger partial charge >= 0.3 is 5.97 Å². The predicted octanol–water partition coefficient (Wildman–Crippen LogP) is 1.70. The van der Waals surface area contributed by atoms with Crippen molar-refractivity contribution in [3.63, 3.8) is 0 Å². The Kier molecular flexibility index (Phi) is 5.56. The Morgan fingerprint density at radius 2 is 1.95 bits per heavy atom. The van der Waals surface area contributed by atoms with Gasteiger partial charge < -0.3 is 15.0 Å². The van der Waals surface area contributed by atoms with Gasteiger partial charge in [-0.2, -0.15) is 0 Å². The van der Waals surface area contributed by atoms with Gasteiger partial charge in [0, 0.05) is 12.6 Å². The minimum absolute atomic E-state index is 0.273. The van der Waals surface area contributed by atoms with Gasteiger partial charge in [0.15, 0.2) is 0 Å². The molecule has 0 amide bonds. The molecule has 0 atom stereocenters. The molecule has 1 N–H and O–H groups in total. The van der Waals surface area contributed by atoms with Crippen molar-refractivity contribution < 1.29 is 9.53 Å². The average molecular weight is 276 g/mol. The minimum atomic E-state index is -0.273. The van der Waals surface area contributed by atoms with Crippen molar-refractivity contribution in [3.8, 4) is 0 Å². The van der Waals surface area contributed by atoms with Crippen LogP contribution in [0.2, 0.25) is 0 Å². The second-order valence-corrected chi connectivity index (χ2v) is 5.34. The monoisotopic (exact) mass is 276 g/mol. The molecule has 2 rings (SSSR count). The first-order valence-electron chi connectivity index (χ1n) is 7.30. The van der Waals surface area contributed by atoms with Crippen molar-refractivity contribution in [1.82, 2.24) is 10.2 Å². The molecule has 110 valence electrons. The molecule has 1 saturated heterocycles. The third-order valence-corrected chi connectivity index (χ3v) is 4.09. The first kappa shape index (κ1) is 15.0. The molecule has 4 heteroatoms. The molecular formula is C16H24N2O2. The van der Waals surface area contributed by atoms with Gasteiger partial charge in [-0.25, -0.2) is 4.79 Å². The highest BCUT2D eigenvalue weighted by molar-refractivity contribution is 5.89. The summed E-state index contributed by atoms with van der Waals surface area (Å²) in [4.78, 5) is 13.9. The van der Waals surface area contributed by atoms with Crippen molar-refractivity contribution >= 4 is 5.97 Å². The smallest absolute Gasteiger partial charge is 0.337 e. The number of piperidine rings is 1. The molecule has 0 unspecified atom stereocenters. The summed E-state index contributed by atoms with van der Waals surface area (Å²) in [6.07, 6.45) is 3.50. The predicted molar refractivity (Wildman–Crippen MR) is 80.0 cm³/mol. The number of carbonyl (C=O) groups excluding carboxylic acids is 1. The van der Waals surface area contributed by atoms with Crippen LogP contribution in [0.15, 0.2) is 24.3 Å². The first-order valence-corrected chi connectivity index (χ1v) is 7.30. The fraction of sp³-hybridized carbons (Fsp3) is 0.562. The molecule has 0 aliphatic carbocycles. The Morgan fingerprint density at radius 1 is 1.30 bits per heavy atom. The molecule has 0 radical (unpaired) electrons. The highest BCUT2D eigenvalue weighted by atomic mass is 16.5. The van der Waals surface area contributed by atoms with Gasteiger partial charge in [-0.15, -0.1) is 0 Å². The van der Waals surface area contributed by atoms with Crippen LogP contribution in [-0.2, 0) is 11.2 Å². The van der Waals surface area contributed by atoms with E-state index in [0.717, 1.165) is 13.0 Å². The average Bonchev–Trinajstić information content (AvgIpc) is 2.53. The van der Waals surface area contributed by atoms with Gasteiger partial charge in [-0.05, 0) is 57.1 Å². The van der Waals surface area contributed by atoms with Gasteiger partial charge in [0.2, 0.25) is 0 Å². The maximum absolute atomic E-state index is 11.4. The van der Waals surface area contributed by atoms with E-state index < -0.39 is 0 Å². The normalized spacial score (nSPS) is 17.1. The fourth-order valence-electron chi connectivity index (χ4n) is 2.66. The third kappa shape index (κ3) is 4.05. The minimum Gasteiger partial charge on any atom is -0.465 e. The van der Waals surface area contributed by atoms with Crippen molar-refractivity contribution in [2.24, 2.45) is 0 Å². The third-order valence-electron chi connectivity index (χ3n) is 4.09. The zero-order valence-electron chi connectivity index (χ0n) is 12.4. The summed E-state index contributed by atoms with van der Waals surface area (Å²) in [5, 5.41) is 3.35. The molecule has 1 aromatic rings. The van der Waals surface area contributed by atoms with E-state index in [4.69, 9.17) is 4.74 Å². The van der Waals surface area contributed by atoms with Gasteiger partial charge in [0.1, 0.15) is 0 Å². The largest absolute Gasteiger partial charge is 0.465 e. The van der Waals surface area contributed by atoms with E-state index in [1.165, 1.54) is 38.6 Å². The van der Waals surface area contributed by atoms with Crippen LogP contribution in [0.4, 0.5) is 0 Å². The number of nitrogens with one attached hydrogen (secondary N) is 1. The van der Waals surface area contributed by atoms with Gasteiger partial charge in [0.05, 0.1) is 12.7 Å². The molecule has 0 aromatic heterocycles. The van der Waals surface area contributed by atoms with Crippen LogP contribution in [0.25, 0.3) is 0 Å². The van der Waals surface area contributed by atoms with Crippen molar-refractivity contribution in [2.75, 3.05) is 33.8 Å². The standard InChI is InChI=1S/C16H24N2O2/c1-17-15-8-11-18(12-9-15)10-7-13-3-5-14(6-4-13)16(19)20-2/h3-6,15,17H,7-12H2,1-2H3. The Labute approximate surface area is 121 Å². The zero-order chi connectivity index (χ0) is 14.4. The molecule has 4 nitrogen and oxygen atoms in total. The van der Waals surface area contributed by atoms with Gasteiger partial charge in [-0.3, -0.25) is 0 Å². The Bertz CT molecular complexity index is 423. The number of methoxy groups -OCH3 is 1. The molecule has 1 aliphatic heterocycles. The number of esters is 1. The Balaban J connectivity index is 1.78. The number of likely N-dealkylation sites (tertiary alicyclic amines) is 1. The maximum Gasteiger partial charge on any atom is 0.337 e. The van der Waals surface area contributed by atoms with Crippen molar-refractivity contribution in [1.29, 1.82) is 0 Å². The molecule has 0 bridgehead atoms. The molecule has 1 fully saturated rings. The van der Waals surface area contributed by atoms with Crippen LogP contribution in [0.5, 0.6) is 0 Å². The summed E-state index contributed by atoms with van der Waals surface area (Å²) >= 11 is 0. The molecule has 0 saturated carbocycles. The van der Waals surface area contributed by atoms with E-state index in [-0.39, 0.29) is 5.97 Å². The second-order valence-electron chi connectivity index (χ2n) is 5.34.